The van der Waals surface area contributed by atoms with Gasteiger partial charge in [0.2, 0.25) is 0 Å². The van der Waals surface area contributed by atoms with Gasteiger partial charge in [0.25, 0.3) is 11.8 Å². The highest BCUT2D eigenvalue weighted by Gasteiger charge is 2.34. The summed E-state index contributed by atoms with van der Waals surface area (Å²) >= 11 is 8.64. The molecule has 1 heterocycles. The molecule has 3 rings (SSSR count). The summed E-state index contributed by atoms with van der Waals surface area (Å²) in [5, 5.41) is 2.62. The van der Waals surface area contributed by atoms with Gasteiger partial charge >= 0.3 is 0 Å². The number of nitrogens with one attached hydrogen (secondary N) is 1. The number of benzene rings is 2. The van der Waals surface area contributed by atoms with Crippen molar-refractivity contribution in [3.8, 4) is 18.1 Å². The first-order chi connectivity index (χ1) is 13.8. The van der Waals surface area contributed by atoms with Crippen LogP contribution in [0.25, 0.3) is 6.08 Å². The Balaban J connectivity index is 2.05. The van der Waals surface area contributed by atoms with Crippen LogP contribution in [-0.2, 0) is 9.59 Å². The maximum absolute atomic E-state index is 13.2. The second-order valence-electron chi connectivity index (χ2n) is 6.40. The van der Waals surface area contributed by atoms with Crippen LogP contribution in [0.3, 0.4) is 0 Å². The van der Waals surface area contributed by atoms with E-state index < -0.39 is 11.8 Å². The molecule has 2 aromatic carbocycles. The minimum Gasteiger partial charge on any atom is -0.480 e. The van der Waals surface area contributed by atoms with Crippen LogP contribution in [0.5, 0.6) is 5.75 Å². The minimum absolute atomic E-state index is 0.0402. The first-order valence-electron chi connectivity index (χ1n) is 8.66. The molecule has 5 nitrogen and oxygen atoms in total. The van der Waals surface area contributed by atoms with E-state index in [9.17, 15) is 9.59 Å². The average molecular weight is 469 g/mol. The van der Waals surface area contributed by atoms with Gasteiger partial charge in [0, 0.05) is 10.0 Å². The monoisotopic (exact) mass is 468 g/mol. The van der Waals surface area contributed by atoms with Gasteiger partial charge in [0.1, 0.15) is 17.9 Å². The Morgan fingerprint density at radius 1 is 1.21 bits per heavy atom. The third-order valence-corrected chi connectivity index (χ3v) is 5.21. The number of anilines is 1. The summed E-state index contributed by atoms with van der Waals surface area (Å²) < 4.78 is 6.30. The van der Waals surface area contributed by atoms with Crippen molar-refractivity contribution in [1.82, 2.24) is 5.32 Å². The molecule has 0 unspecified atom stereocenters. The number of nitrogens with zero attached hydrogens (tertiary/aromatic N) is 1. The molecule has 0 saturated carbocycles. The van der Waals surface area contributed by atoms with Crippen LogP contribution >= 0.6 is 28.1 Å². The van der Waals surface area contributed by atoms with Crippen molar-refractivity contribution < 1.29 is 14.3 Å². The maximum atomic E-state index is 13.2. The molecule has 7 heteroatoms. The number of rotatable bonds is 4. The molecule has 0 aromatic heterocycles. The number of carbonyl (C=O) groups is 2. The van der Waals surface area contributed by atoms with Gasteiger partial charge in [-0.15, -0.1) is 6.42 Å². The lowest BCUT2D eigenvalue weighted by Gasteiger charge is -2.29. The molecule has 1 saturated heterocycles. The fourth-order valence-electron chi connectivity index (χ4n) is 2.80. The fraction of sp³-hybridized carbons (Fsp3) is 0.136. The van der Waals surface area contributed by atoms with Crippen molar-refractivity contribution in [2.45, 2.75) is 13.8 Å². The predicted octanol–water partition coefficient (Wildman–Crippen LogP) is 3.91. The van der Waals surface area contributed by atoms with E-state index in [1.165, 1.54) is 11.0 Å². The SMILES string of the molecule is C#CCOc1ccc(Br)cc1/C=C1\C(=O)NC(=S)N(c2ccc(C)c(C)c2)C1=O. The number of hydrogen-bond acceptors (Lipinski definition) is 4. The van der Waals surface area contributed by atoms with Gasteiger partial charge in [-0.25, -0.2) is 0 Å². The number of ether oxygens (including phenoxy) is 1. The summed E-state index contributed by atoms with van der Waals surface area (Å²) in [6.07, 6.45) is 6.74. The van der Waals surface area contributed by atoms with Crippen LogP contribution in [0.1, 0.15) is 16.7 Å². The molecule has 0 bridgehead atoms. The predicted molar refractivity (Wildman–Crippen MR) is 121 cm³/mol. The normalized spacial score (nSPS) is 15.3. The van der Waals surface area contributed by atoms with Crippen LogP contribution in [-0.4, -0.2) is 23.5 Å². The fourth-order valence-corrected chi connectivity index (χ4v) is 3.45. The van der Waals surface area contributed by atoms with Crippen molar-refractivity contribution >= 4 is 56.8 Å². The summed E-state index contributed by atoms with van der Waals surface area (Å²) in [5.74, 6) is 1.78. The molecule has 0 radical (unpaired) electrons. The lowest BCUT2D eigenvalue weighted by Crippen LogP contribution is -2.54. The van der Waals surface area contributed by atoms with E-state index in [-0.39, 0.29) is 17.3 Å². The Labute approximate surface area is 182 Å². The van der Waals surface area contributed by atoms with Gasteiger partial charge in [-0.1, -0.05) is 27.9 Å². The van der Waals surface area contributed by atoms with Crippen LogP contribution < -0.4 is 15.0 Å². The first kappa shape index (κ1) is 20.8. The van der Waals surface area contributed by atoms with E-state index in [1.807, 2.05) is 26.0 Å². The number of carbonyl (C=O) groups excluding carboxylic acids is 2. The molecular formula is C22H17BrN2O3S. The van der Waals surface area contributed by atoms with Crippen LogP contribution in [0.4, 0.5) is 5.69 Å². The molecule has 146 valence electrons. The Bertz CT molecular complexity index is 1100. The molecule has 1 aliphatic heterocycles. The van der Waals surface area contributed by atoms with Crippen molar-refractivity contribution in [2.24, 2.45) is 0 Å². The highest BCUT2D eigenvalue weighted by atomic mass is 79.9. The third kappa shape index (κ3) is 4.39. The van der Waals surface area contributed by atoms with Crippen LogP contribution in [0.15, 0.2) is 46.4 Å². The number of aryl methyl sites for hydroxylation is 2. The van der Waals surface area contributed by atoms with E-state index >= 15 is 0 Å². The van der Waals surface area contributed by atoms with Crippen molar-refractivity contribution in [3.63, 3.8) is 0 Å². The number of halogens is 1. The maximum Gasteiger partial charge on any atom is 0.270 e. The number of hydrogen-bond donors (Lipinski definition) is 1. The van der Waals surface area contributed by atoms with E-state index in [2.05, 4.69) is 27.2 Å². The average Bonchev–Trinajstić information content (AvgIpc) is 2.67. The number of terminal acetylenes is 1. The molecule has 0 aliphatic carbocycles. The van der Waals surface area contributed by atoms with Crippen LogP contribution in [0, 0.1) is 26.2 Å². The molecule has 0 spiro atoms. The van der Waals surface area contributed by atoms with E-state index in [1.54, 1.807) is 24.3 Å². The second-order valence-corrected chi connectivity index (χ2v) is 7.70. The van der Waals surface area contributed by atoms with Gasteiger partial charge in [-0.2, -0.15) is 0 Å². The van der Waals surface area contributed by atoms with Gasteiger partial charge in [0.15, 0.2) is 5.11 Å². The Morgan fingerprint density at radius 3 is 2.66 bits per heavy atom. The summed E-state index contributed by atoms with van der Waals surface area (Å²) in [6.45, 7) is 3.99. The van der Waals surface area contributed by atoms with Gasteiger partial charge in [0.05, 0.1) is 5.69 Å². The van der Waals surface area contributed by atoms with Crippen molar-refractivity contribution in [1.29, 1.82) is 0 Å². The molecule has 2 amide bonds. The first-order valence-corrected chi connectivity index (χ1v) is 9.86. The highest BCUT2D eigenvalue weighted by Crippen LogP contribution is 2.28. The zero-order valence-corrected chi connectivity index (χ0v) is 18.2. The van der Waals surface area contributed by atoms with Crippen molar-refractivity contribution in [3.05, 3.63) is 63.1 Å². The van der Waals surface area contributed by atoms with Crippen molar-refractivity contribution in [2.75, 3.05) is 11.5 Å². The number of thiocarbonyl (C=S) groups is 1. The Morgan fingerprint density at radius 2 is 1.97 bits per heavy atom. The van der Waals surface area contributed by atoms with Crippen LogP contribution in [0.2, 0.25) is 0 Å². The van der Waals surface area contributed by atoms with E-state index in [0.717, 1.165) is 15.6 Å². The molecule has 29 heavy (non-hydrogen) atoms. The standard InChI is InChI=1S/C22H17BrN2O3S/c1-4-9-28-19-8-6-16(23)11-15(19)12-18-20(26)24-22(29)25(21(18)27)17-7-5-13(2)14(3)10-17/h1,5-8,10-12H,9H2,2-3H3,(H,24,26,29)/b18-12+. The zero-order valence-electron chi connectivity index (χ0n) is 15.8. The molecular weight excluding hydrogens is 452 g/mol. The number of amides is 2. The smallest absolute Gasteiger partial charge is 0.270 e. The molecule has 1 fully saturated rings. The lowest BCUT2D eigenvalue weighted by atomic mass is 10.0. The molecule has 2 aromatic rings. The summed E-state index contributed by atoms with van der Waals surface area (Å²) in [5.41, 5.74) is 3.18. The second kappa shape index (κ2) is 8.60. The zero-order chi connectivity index (χ0) is 21.1. The highest BCUT2D eigenvalue weighted by molar-refractivity contribution is 9.10. The summed E-state index contributed by atoms with van der Waals surface area (Å²) in [6, 6.07) is 10.8. The third-order valence-electron chi connectivity index (χ3n) is 4.43. The van der Waals surface area contributed by atoms with E-state index in [4.69, 9.17) is 23.4 Å². The largest absolute Gasteiger partial charge is 0.480 e. The van der Waals surface area contributed by atoms with E-state index in [0.29, 0.717) is 17.0 Å². The molecule has 1 aliphatic rings. The summed E-state index contributed by atoms with van der Waals surface area (Å²) in [7, 11) is 0. The van der Waals surface area contributed by atoms with Gasteiger partial charge < -0.3 is 4.74 Å². The lowest BCUT2D eigenvalue weighted by molar-refractivity contribution is -0.122. The quantitative estimate of drug-likeness (QED) is 0.319. The van der Waals surface area contributed by atoms with Gasteiger partial charge in [-0.3, -0.25) is 19.8 Å². The van der Waals surface area contributed by atoms with Gasteiger partial charge in [-0.05, 0) is 73.6 Å². The Kier molecular flexibility index (Phi) is 6.16. The summed E-state index contributed by atoms with van der Waals surface area (Å²) in [4.78, 5) is 27.0. The molecule has 1 N–H and O–H groups in total. The Hall–Kier alpha value is -2.95. The molecule has 0 atom stereocenters. The minimum atomic E-state index is -0.567. The topological polar surface area (TPSA) is 58.6 Å².